The van der Waals surface area contributed by atoms with Gasteiger partial charge in [-0.1, -0.05) is 36.4 Å². The van der Waals surface area contributed by atoms with Gasteiger partial charge in [-0.25, -0.2) is 0 Å². The molecule has 0 fully saturated rings. The normalized spacial score (nSPS) is 26.1. The van der Waals surface area contributed by atoms with E-state index in [1.807, 2.05) is 0 Å². The van der Waals surface area contributed by atoms with E-state index in [1.54, 1.807) is 0 Å². The van der Waals surface area contributed by atoms with Crippen LogP contribution in [-0.4, -0.2) is 35.6 Å². The van der Waals surface area contributed by atoms with E-state index in [4.69, 9.17) is 18.9 Å². The highest BCUT2D eigenvalue weighted by Gasteiger charge is 2.47. The van der Waals surface area contributed by atoms with Gasteiger partial charge in [0.25, 0.3) is 12.7 Å². The maximum Gasteiger partial charge on any atom is 0.373 e. The average Bonchev–Trinajstić information content (AvgIpc) is 3.66. The van der Waals surface area contributed by atoms with Crippen LogP contribution in [0.5, 0.6) is 23.5 Å². The smallest absolute Gasteiger partial charge is 0.373 e. The molecule has 0 aliphatic carbocycles. The van der Waals surface area contributed by atoms with E-state index >= 15 is 0 Å². The number of ether oxygens (including phenoxy) is 4. The van der Waals surface area contributed by atoms with Crippen molar-refractivity contribution in [2.75, 3.05) is 26.4 Å². The van der Waals surface area contributed by atoms with E-state index in [2.05, 4.69) is 79.5 Å². The van der Waals surface area contributed by atoms with Gasteiger partial charge < -0.3 is 18.9 Å². The molecule has 0 saturated carbocycles. The summed E-state index contributed by atoms with van der Waals surface area (Å²) < 4.78 is 33.7. The van der Waals surface area contributed by atoms with E-state index in [1.165, 1.54) is 22.3 Å². The Bertz CT molecular complexity index is 1310. The Kier molecular flexibility index (Phi) is 3.06. The molecule has 8 nitrogen and oxygen atoms in total. The zero-order chi connectivity index (χ0) is 22.0. The summed E-state index contributed by atoms with van der Waals surface area (Å²) in [4.78, 5) is 0. The second-order valence-corrected chi connectivity index (χ2v) is 9.73. The molecule has 8 bridgehead atoms. The summed E-state index contributed by atoms with van der Waals surface area (Å²) in [6, 6.07) is 18.0. The van der Waals surface area contributed by atoms with Crippen LogP contribution in [-0.2, 0) is 0 Å². The van der Waals surface area contributed by atoms with E-state index < -0.39 is 0 Å². The molecule has 0 amide bonds. The monoisotopic (exact) mass is 454 g/mol. The van der Waals surface area contributed by atoms with E-state index in [9.17, 15) is 0 Å². The minimum Gasteiger partial charge on any atom is -0.452 e. The van der Waals surface area contributed by atoms with Gasteiger partial charge in [0.1, 0.15) is 26.4 Å². The molecule has 2 aromatic carbocycles. The number of aromatic nitrogens is 4. The van der Waals surface area contributed by atoms with Crippen molar-refractivity contribution in [3.8, 4) is 23.5 Å². The molecule has 168 valence electrons. The van der Waals surface area contributed by atoms with Gasteiger partial charge in [0.2, 0.25) is 0 Å². The molecular formula is C26H22N4O4+2. The molecule has 0 N–H and O–H groups in total. The summed E-state index contributed by atoms with van der Waals surface area (Å²) in [6.07, 6.45) is 4.34. The Labute approximate surface area is 195 Å². The van der Waals surface area contributed by atoms with Crippen LogP contribution in [0, 0.1) is 0 Å². The fraction of sp³-hybridized carbons (Fsp3) is 0.308. The number of hydrogen-bond donors (Lipinski definition) is 0. The number of hydrogen-bond acceptors (Lipinski definition) is 4. The van der Waals surface area contributed by atoms with Gasteiger partial charge in [0, 0.05) is 22.3 Å². The molecular weight excluding hydrogens is 432 g/mol. The molecule has 2 aromatic heterocycles. The SMILES string of the molecule is c1cc2cc(c1)C1COc3c4[n+](cn31)C(CO4)c1cccc(c1)C1COc3c4n(c[n+]31)C2CO4. The molecule has 34 heavy (non-hydrogen) atoms. The molecule has 5 aliphatic rings. The van der Waals surface area contributed by atoms with Crippen LogP contribution < -0.4 is 28.1 Å². The second kappa shape index (κ2) is 5.94. The molecule has 7 heterocycles. The fourth-order valence-electron chi connectivity index (χ4n) is 6.28. The molecule has 0 radical (unpaired) electrons. The summed E-state index contributed by atoms with van der Waals surface area (Å²) in [6.45, 7) is 2.41. The van der Waals surface area contributed by atoms with Crippen LogP contribution in [0.4, 0.5) is 0 Å². The highest BCUT2D eigenvalue weighted by atomic mass is 16.6. The van der Waals surface area contributed by atoms with Crippen molar-refractivity contribution in [1.82, 2.24) is 9.13 Å². The predicted molar refractivity (Wildman–Crippen MR) is 117 cm³/mol. The van der Waals surface area contributed by atoms with Crippen molar-refractivity contribution >= 4 is 0 Å². The van der Waals surface area contributed by atoms with Crippen LogP contribution in [0.2, 0.25) is 0 Å². The number of fused-ring (bicyclic) bond motifs is 10. The summed E-state index contributed by atoms with van der Waals surface area (Å²) in [5.41, 5.74) is 4.91. The largest absolute Gasteiger partial charge is 0.452 e. The van der Waals surface area contributed by atoms with Crippen molar-refractivity contribution in [3.63, 3.8) is 0 Å². The van der Waals surface area contributed by atoms with Gasteiger partial charge >= 0.3 is 23.5 Å². The van der Waals surface area contributed by atoms with Gasteiger partial charge in [0.05, 0.1) is 0 Å². The molecule has 4 aromatic rings. The number of benzene rings is 2. The van der Waals surface area contributed by atoms with Crippen LogP contribution in [0.3, 0.4) is 0 Å². The minimum absolute atomic E-state index is 0.107. The van der Waals surface area contributed by atoms with Gasteiger partial charge in [-0.05, 0) is 12.1 Å². The fourth-order valence-corrected chi connectivity index (χ4v) is 6.28. The van der Waals surface area contributed by atoms with Crippen LogP contribution >= 0.6 is 0 Å². The van der Waals surface area contributed by atoms with Crippen LogP contribution in [0.25, 0.3) is 0 Å². The van der Waals surface area contributed by atoms with Crippen molar-refractivity contribution in [2.24, 2.45) is 0 Å². The van der Waals surface area contributed by atoms with Gasteiger partial charge in [-0.15, -0.1) is 0 Å². The standard InChI is InChI=1S/C26H22N4O4/c1-3-15-7-16(4-1)20-10-32-24-26-30(14-28(20)24)22(12-34-26)18-6-2-5-17(8-18)21-11-33-25-23-27(13-29(21)25)19(15)9-31-23/h1-8,13-14,19-22H,9-12H2/q+2. The molecule has 0 spiro atoms. The third kappa shape index (κ3) is 2.05. The van der Waals surface area contributed by atoms with Gasteiger partial charge in [-0.2, -0.15) is 18.3 Å². The lowest BCUT2D eigenvalue weighted by Crippen LogP contribution is -2.38. The second-order valence-electron chi connectivity index (χ2n) is 9.73. The first-order chi connectivity index (χ1) is 16.8. The Morgan fingerprint density at radius 3 is 1.59 bits per heavy atom. The van der Waals surface area contributed by atoms with E-state index in [0.717, 1.165) is 23.5 Å². The first-order valence-corrected chi connectivity index (χ1v) is 11.9. The number of rotatable bonds is 0. The quantitative estimate of drug-likeness (QED) is 0.382. The average molecular weight is 454 g/mol. The zero-order valence-corrected chi connectivity index (χ0v) is 18.3. The Hall–Kier alpha value is -3.94. The van der Waals surface area contributed by atoms with Crippen molar-refractivity contribution in [3.05, 3.63) is 83.4 Å². The highest BCUT2D eigenvalue weighted by Crippen LogP contribution is 2.43. The van der Waals surface area contributed by atoms with Crippen molar-refractivity contribution in [2.45, 2.75) is 24.2 Å². The topological polar surface area (TPSA) is 54.5 Å². The third-order valence-electron chi connectivity index (χ3n) is 8.02. The number of imidazole rings is 2. The summed E-state index contributed by atoms with van der Waals surface area (Å²) >= 11 is 0. The lowest BCUT2D eigenvalue weighted by atomic mass is 10.00. The van der Waals surface area contributed by atoms with Crippen molar-refractivity contribution < 1.29 is 28.1 Å². The Morgan fingerprint density at radius 2 is 1.06 bits per heavy atom. The van der Waals surface area contributed by atoms with E-state index in [-0.39, 0.29) is 24.2 Å². The van der Waals surface area contributed by atoms with Crippen LogP contribution in [0.1, 0.15) is 46.4 Å². The lowest BCUT2D eigenvalue weighted by molar-refractivity contribution is -0.697. The van der Waals surface area contributed by atoms with Gasteiger partial charge in [-0.3, -0.25) is 0 Å². The van der Waals surface area contributed by atoms with Crippen LogP contribution in [0.15, 0.2) is 61.2 Å². The highest BCUT2D eigenvalue weighted by molar-refractivity contribution is 5.39. The maximum atomic E-state index is 6.18. The zero-order valence-electron chi connectivity index (χ0n) is 18.3. The first-order valence-electron chi connectivity index (χ1n) is 11.9. The predicted octanol–water partition coefficient (Wildman–Crippen LogP) is 2.11. The van der Waals surface area contributed by atoms with Gasteiger partial charge in [0.15, 0.2) is 24.2 Å². The summed E-state index contributed by atoms with van der Waals surface area (Å²) in [7, 11) is 0. The molecule has 8 heteroatoms. The minimum atomic E-state index is 0.107. The lowest BCUT2D eigenvalue weighted by Gasteiger charge is -2.14. The summed E-state index contributed by atoms with van der Waals surface area (Å²) in [5.74, 6) is 3.29. The Morgan fingerprint density at radius 1 is 0.588 bits per heavy atom. The number of nitrogens with zero attached hydrogens (tertiary/aromatic N) is 4. The summed E-state index contributed by atoms with van der Waals surface area (Å²) in [5, 5.41) is 0. The third-order valence-corrected chi connectivity index (χ3v) is 8.02. The molecule has 5 aliphatic heterocycles. The molecule has 4 unspecified atom stereocenters. The maximum absolute atomic E-state index is 6.18. The molecule has 9 rings (SSSR count). The molecule has 0 saturated heterocycles. The van der Waals surface area contributed by atoms with Crippen molar-refractivity contribution in [1.29, 1.82) is 0 Å². The Balaban J connectivity index is 1.30. The van der Waals surface area contributed by atoms with E-state index in [0.29, 0.717) is 26.4 Å². The first kappa shape index (κ1) is 17.5. The molecule has 4 atom stereocenters.